The first-order valence-electron chi connectivity index (χ1n) is 37.4. The van der Waals surface area contributed by atoms with Crippen molar-refractivity contribution in [3.05, 3.63) is 134 Å². The monoisotopic (exact) mass is 1410 g/mol. The Morgan fingerprint density at radius 2 is 0.561 bits per heavy atom. The summed E-state index contributed by atoms with van der Waals surface area (Å²) in [4.78, 5) is 72.7. The molecule has 5 unspecified atom stereocenters. The molecule has 0 aliphatic rings. The van der Waals surface area contributed by atoms with E-state index in [2.05, 4.69) is 149 Å². The van der Waals surface area contributed by atoms with Crippen molar-refractivity contribution in [1.29, 1.82) is 0 Å². The fourth-order valence-electron chi connectivity index (χ4n) is 9.46. The number of aliphatic hydroxyl groups excluding tert-OH is 1. The minimum absolute atomic E-state index is 0.0631. The number of carbonyl (C=O) groups excluding carboxylic acids is 4. The van der Waals surface area contributed by atoms with Crippen molar-refractivity contribution in [2.75, 3.05) is 39.6 Å². The van der Waals surface area contributed by atoms with Gasteiger partial charge in [0.25, 0.3) is 0 Å². The third-order valence-electron chi connectivity index (χ3n) is 15.1. The highest BCUT2D eigenvalue weighted by molar-refractivity contribution is 7.47. The second kappa shape index (κ2) is 70.6. The summed E-state index contributed by atoms with van der Waals surface area (Å²) in [5.74, 6) is -2.29. The summed E-state index contributed by atoms with van der Waals surface area (Å²) >= 11 is 0. The Morgan fingerprint density at radius 3 is 0.898 bits per heavy atom. The van der Waals surface area contributed by atoms with E-state index in [0.717, 1.165) is 161 Å². The Balaban J connectivity index is 5.39. The molecular formula is C79H132O17P2. The molecule has 0 amide bonds. The number of rotatable bonds is 69. The lowest BCUT2D eigenvalue weighted by Crippen LogP contribution is -2.30. The van der Waals surface area contributed by atoms with Crippen LogP contribution in [0.15, 0.2) is 134 Å². The summed E-state index contributed by atoms with van der Waals surface area (Å²) in [6.07, 6.45) is 77.4. The first-order valence-corrected chi connectivity index (χ1v) is 40.4. The van der Waals surface area contributed by atoms with E-state index in [1.165, 1.54) is 38.5 Å². The topological polar surface area (TPSA) is 237 Å². The molecule has 0 aliphatic carbocycles. The molecule has 5 atom stereocenters. The number of esters is 4. The lowest BCUT2D eigenvalue weighted by Gasteiger charge is -2.21. The van der Waals surface area contributed by atoms with E-state index in [1.54, 1.807) is 0 Å². The van der Waals surface area contributed by atoms with Gasteiger partial charge in [-0.2, -0.15) is 0 Å². The minimum Gasteiger partial charge on any atom is -0.462 e. The maximum absolute atomic E-state index is 13.1. The molecule has 98 heavy (non-hydrogen) atoms. The molecule has 0 rings (SSSR count). The lowest BCUT2D eigenvalue weighted by atomic mass is 10.1. The third-order valence-corrected chi connectivity index (χ3v) is 17.0. The van der Waals surface area contributed by atoms with Gasteiger partial charge in [0.2, 0.25) is 0 Å². The Morgan fingerprint density at radius 1 is 0.296 bits per heavy atom. The maximum atomic E-state index is 13.1. The van der Waals surface area contributed by atoms with Crippen molar-refractivity contribution in [1.82, 2.24) is 0 Å². The summed E-state index contributed by atoms with van der Waals surface area (Å²) in [7, 11) is -9.97. The molecule has 560 valence electrons. The summed E-state index contributed by atoms with van der Waals surface area (Å²) < 4.78 is 68.3. The van der Waals surface area contributed by atoms with Crippen LogP contribution in [0.25, 0.3) is 0 Å². The van der Waals surface area contributed by atoms with Crippen molar-refractivity contribution in [3.8, 4) is 0 Å². The molecule has 0 aliphatic heterocycles. The van der Waals surface area contributed by atoms with Crippen molar-refractivity contribution in [2.24, 2.45) is 0 Å². The van der Waals surface area contributed by atoms with E-state index >= 15 is 0 Å². The Kier molecular flexibility index (Phi) is 67.2. The number of phosphoric acid groups is 2. The zero-order chi connectivity index (χ0) is 71.8. The van der Waals surface area contributed by atoms with E-state index in [4.69, 9.17) is 37.0 Å². The minimum atomic E-state index is -4.99. The highest BCUT2D eigenvalue weighted by atomic mass is 31.2. The van der Waals surface area contributed by atoms with E-state index in [0.29, 0.717) is 32.1 Å². The average molecular weight is 1420 g/mol. The van der Waals surface area contributed by atoms with Gasteiger partial charge in [-0.3, -0.25) is 37.3 Å². The van der Waals surface area contributed by atoms with E-state index < -0.39 is 97.5 Å². The van der Waals surface area contributed by atoms with Gasteiger partial charge in [0.1, 0.15) is 19.3 Å². The van der Waals surface area contributed by atoms with Crippen LogP contribution in [0.2, 0.25) is 0 Å². The molecule has 17 nitrogen and oxygen atoms in total. The van der Waals surface area contributed by atoms with Gasteiger partial charge in [-0.1, -0.05) is 264 Å². The smallest absolute Gasteiger partial charge is 0.462 e. The molecule has 0 bridgehead atoms. The predicted molar refractivity (Wildman–Crippen MR) is 399 cm³/mol. The zero-order valence-corrected chi connectivity index (χ0v) is 62.7. The molecule has 0 heterocycles. The van der Waals surface area contributed by atoms with Crippen LogP contribution in [0, 0.1) is 0 Å². The molecule has 0 spiro atoms. The molecule has 0 aromatic carbocycles. The molecule has 0 saturated carbocycles. The number of hydrogen-bond donors (Lipinski definition) is 3. The van der Waals surface area contributed by atoms with E-state index in [-0.39, 0.29) is 25.7 Å². The van der Waals surface area contributed by atoms with Gasteiger partial charge < -0.3 is 33.8 Å². The van der Waals surface area contributed by atoms with Gasteiger partial charge in [-0.15, -0.1) is 0 Å². The van der Waals surface area contributed by atoms with Crippen LogP contribution in [0.1, 0.15) is 285 Å². The molecular weight excluding hydrogens is 1280 g/mol. The normalized spacial score (nSPS) is 14.7. The highest BCUT2D eigenvalue weighted by Gasteiger charge is 2.30. The van der Waals surface area contributed by atoms with Crippen molar-refractivity contribution >= 4 is 39.5 Å². The van der Waals surface area contributed by atoms with E-state index in [9.17, 15) is 43.2 Å². The highest BCUT2D eigenvalue weighted by Crippen LogP contribution is 2.45. The summed E-state index contributed by atoms with van der Waals surface area (Å²) in [6, 6.07) is 0. The molecule has 0 aromatic rings. The van der Waals surface area contributed by atoms with Crippen LogP contribution < -0.4 is 0 Å². The number of allylic oxidation sites excluding steroid dienone is 22. The number of unbranched alkanes of at least 4 members (excludes halogenated alkanes) is 21. The Bertz CT molecular complexity index is 2380. The Labute approximate surface area is 593 Å². The van der Waals surface area contributed by atoms with Crippen molar-refractivity contribution in [2.45, 2.75) is 303 Å². The van der Waals surface area contributed by atoms with Gasteiger partial charge in [-0.05, 0) is 128 Å². The standard InChI is InChI=1S/C79H132O17P2/c1-5-9-13-17-21-25-29-32-34-36-38-41-44-47-51-55-59-63-76(81)89-69-74(95-78(83)65-61-57-53-49-43-28-24-20-16-12-8-4)71-93-97(85,86)91-67-73(80)68-92-98(87,88)94-72-75(96-79(84)66-62-58-54-50-46-40-31-27-23-19-15-11-7-3)70-90-77(82)64-60-56-52-48-45-42-39-37-35-33-30-26-22-18-14-10-6-2/h9-10,13-15,19,21-22,25-27,31-35,38-39,41-42,48,52,73-75,80H,5-8,11-12,16-18,20,23-24,28-30,36-37,40,43-47,49-51,53-72H2,1-4H3,(H,85,86)(H,87,88)/b13-9-,14-10-,19-15-,25-21-,26-22-,31-27-,34-32-,35-33-,41-38-,42-39-,52-48-. The third kappa shape index (κ3) is 69.7. The summed E-state index contributed by atoms with van der Waals surface area (Å²) in [5, 5.41) is 10.6. The van der Waals surface area contributed by atoms with Gasteiger partial charge in [0.15, 0.2) is 12.2 Å². The SMILES string of the molecule is CC/C=C\C/C=C\C/C=C\C/C=C\C/C=C\CCCC(=O)OCC(COP(=O)(O)OCC(O)COP(=O)(O)OCC(COC(=O)CCCCCC/C=C\C/C=C\C/C=C\C/C=C\CC)OC(=O)CCCCCCCCCCCCC)OC(=O)CCCCCCC/C=C\C/C=C\CCC. The second-order valence-electron chi connectivity index (χ2n) is 24.5. The quantitative estimate of drug-likeness (QED) is 0.0169. The average Bonchev–Trinajstić information content (AvgIpc) is 0.973. The molecule has 3 N–H and O–H groups in total. The van der Waals surface area contributed by atoms with E-state index in [1.807, 2.05) is 12.2 Å². The fourth-order valence-corrected chi connectivity index (χ4v) is 11.0. The summed E-state index contributed by atoms with van der Waals surface area (Å²) in [6.45, 7) is 4.45. The lowest BCUT2D eigenvalue weighted by molar-refractivity contribution is -0.161. The molecule has 0 radical (unpaired) electrons. The van der Waals surface area contributed by atoms with Crippen LogP contribution in [0.4, 0.5) is 0 Å². The largest absolute Gasteiger partial charge is 0.472 e. The first kappa shape index (κ1) is 93.2. The van der Waals surface area contributed by atoms with Gasteiger partial charge in [-0.25, -0.2) is 9.13 Å². The van der Waals surface area contributed by atoms with Crippen LogP contribution in [-0.4, -0.2) is 96.7 Å². The van der Waals surface area contributed by atoms with Gasteiger partial charge in [0, 0.05) is 25.7 Å². The van der Waals surface area contributed by atoms with Crippen molar-refractivity contribution < 1.29 is 80.2 Å². The number of hydrogen-bond acceptors (Lipinski definition) is 15. The van der Waals surface area contributed by atoms with Gasteiger partial charge >= 0.3 is 39.5 Å². The molecule has 0 aromatic heterocycles. The molecule has 0 fully saturated rings. The fraction of sp³-hybridized carbons (Fsp3) is 0.671. The zero-order valence-electron chi connectivity index (χ0n) is 60.9. The number of carbonyl (C=O) groups is 4. The Hall–Kier alpha value is -4.80. The summed E-state index contributed by atoms with van der Waals surface area (Å²) in [5.41, 5.74) is 0. The first-order chi connectivity index (χ1) is 47.7. The van der Waals surface area contributed by atoms with Crippen molar-refractivity contribution in [3.63, 3.8) is 0 Å². The molecule has 0 saturated heterocycles. The number of aliphatic hydroxyl groups is 1. The number of phosphoric ester groups is 2. The van der Waals surface area contributed by atoms with Crippen LogP contribution in [0.3, 0.4) is 0 Å². The second-order valence-corrected chi connectivity index (χ2v) is 27.4. The van der Waals surface area contributed by atoms with Gasteiger partial charge in [0.05, 0.1) is 26.4 Å². The van der Waals surface area contributed by atoms with Crippen LogP contribution in [-0.2, 0) is 65.4 Å². The van der Waals surface area contributed by atoms with Crippen LogP contribution in [0.5, 0.6) is 0 Å². The molecule has 19 heteroatoms. The predicted octanol–water partition coefficient (Wildman–Crippen LogP) is 21.3. The maximum Gasteiger partial charge on any atom is 0.472 e. The number of ether oxygens (including phenoxy) is 4. The van der Waals surface area contributed by atoms with Crippen LogP contribution >= 0.6 is 15.6 Å².